The van der Waals surface area contributed by atoms with E-state index in [0.717, 1.165) is 114 Å². The minimum Gasteiger partial charge on any atom is -0.317 e. The Kier molecular flexibility index (Phi) is 68.5. The Bertz CT molecular complexity index is 1950. The SMILES string of the molecule is CCCCCCC/C=C(/CC(CCCCCCCC)CC(CCCCCCCC)CC(C)CCCCCCCC)CC1CC(=O)N(CCCCCNCCCCCN2C(=O)CC(C/C(=C\CCCCCCC)CC(CCCCCCCC)CC(CCCCCCCC)CC(C)CCCCCCCC)C2=O)C1=O. The maximum Gasteiger partial charge on any atom is 0.233 e. The standard InChI is InChI=1S/C100H189N3O4/c1-11-19-27-35-43-53-65-87(9)77-89(67-55-45-37-29-21-13-3)79-91(69-57-47-39-31-23-15-5)81-93(71-59-49-41-33-25-17-7)83-95-85-97(104)102(99(95)106)75-63-51-61-73-101-74-62-52-64-76-103-98(105)86-96(100(103)107)84-94(72-60-50-42-34-26-18-8)82-92(70-58-48-40-32-24-16-6)80-90(68-56-46-38-30-22-14-4)78-88(10)66-54-44-36-28-20-12-2/h71-72,87-92,95-96,101H,11-70,73-86H2,1-10H3/b93-71-,94-72-. The molecule has 0 aromatic rings. The van der Waals surface area contributed by atoms with Crippen LogP contribution in [0.25, 0.3) is 0 Å². The molecule has 7 heteroatoms. The van der Waals surface area contributed by atoms with E-state index in [0.29, 0.717) is 37.8 Å². The Labute approximate surface area is 669 Å². The molecule has 1 N–H and O–H groups in total. The number of allylic oxidation sites excluding steroid dienone is 4. The van der Waals surface area contributed by atoms with Crippen LogP contribution in [0, 0.1) is 47.3 Å². The van der Waals surface area contributed by atoms with Crippen molar-refractivity contribution >= 4 is 23.6 Å². The molecule has 2 aliphatic rings. The summed E-state index contributed by atoms with van der Waals surface area (Å²) in [6, 6.07) is 0. The van der Waals surface area contributed by atoms with Gasteiger partial charge in [-0.1, -0.05) is 426 Å². The fourth-order valence-corrected chi connectivity index (χ4v) is 18.8. The highest BCUT2D eigenvalue weighted by Crippen LogP contribution is 2.39. The molecule has 0 spiro atoms. The van der Waals surface area contributed by atoms with E-state index in [-0.39, 0.29) is 35.5 Å². The van der Waals surface area contributed by atoms with Crippen molar-refractivity contribution in [3.05, 3.63) is 23.3 Å². The Hall–Kier alpha value is -2.28. The van der Waals surface area contributed by atoms with E-state index in [1.165, 1.54) is 371 Å². The molecule has 4 amide bonds. The van der Waals surface area contributed by atoms with Crippen molar-refractivity contribution in [2.24, 2.45) is 47.3 Å². The lowest BCUT2D eigenvalue weighted by Gasteiger charge is -2.28. The molecule has 2 heterocycles. The van der Waals surface area contributed by atoms with Crippen molar-refractivity contribution in [1.82, 2.24) is 15.1 Å². The molecular formula is C100H189N3O4. The number of likely N-dealkylation sites (tertiary alicyclic amines) is 2. The van der Waals surface area contributed by atoms with Crippen molar-refractivity contribution in [2.45, 2.75) is 519 Å². The molecule has 7 nitrogen and oxygen atoms in total. The van der Waals surface area contributed by atoms with E-state index in [1.54, 1.807) is 9.80 Å². The van der Waals surface area contributed by atoms with Gasteiger partial charge in [-0.15, -0.1) is 0 Å². The predicted molar refractivity (Wildman–Crippen MR) is 470 cm³/mol. The van der Waals surface area contributed by atoms with Crippen LogP contribution < -0.4 is 5.32 Å². The summed E-state index contributed by atoms with van der Waals surface area (Å²) in [7, 11) is 0. The first-order valence-electron chi connectivity index (χ1n) is 49.1. The minimum absolute atomic E-state index is 0.0517. The fourth-order valence-electron chi connectivity index (χ4n) is 18.8. The van der Waals surface area contributed by atoms with Crippen molar-refractivity contribution in [1.29, 1.82) is 0 Å². The van der Waals surface area contributed by atoms with Gasteiger partial charge in [-0.05, 0) is 151 Å². The predicted octanol–water partition coefficient (Wildman–Crippen LogP) is 31.6. The molecule has 0 saturated carbocycles. The van der Waals surface area contributed by atoms with Gasteiger partial charge in [-0.25, -0.2) is 0 Å². The number of hydrogen-bond acceptors (Lipinski definition) is 5. The highest BCUT2D eigenvalue weighted by atomic mass is 16.2. The van der Waals surface area contributed by atoms with Crippen molar-refractivity contribution in [2.75, 3.05) is 26.2 Å². The lowest BCUT2D eigenvalue weighted by Crippen LogP contribution is -2.32. The third-order valence-corrected chi connectivity index (χ3v) is 25.5. The molecule has 8 atom stereocenters. The van der Waals surface area contributed by atoms with Crippen molar-refractivity contribution in [3.63, 3.8) is 0 Å². The third-order valence-electron chi connectivity index (χ3n) is 25.5. The van der Waals surface area contributed by atoms with Crippen molar-refractivity contribution in [3.8, 4) is 0 Å². The normalized spacial score (nSPS) is 17.0. The first-order valence-corrected chi connectivity index (χ1v) is 49.1. The van der Waals surface area contributed by atoms with Gasteiger partial charge in [0.2, 0.25) is 23.6 Å². The molecule has 2 fully saturated rings. The van der Waals surface area contributed by atoms with Crippen LogP contribution in [-0.4, -0.2) is 59.6 Å². The van der Waals surface area contributed by atoms with E-state index in [9.17, 15) is 19.2 Å². The molecule has 0 aliphatic carbocycles. The molecule has 8 unspecified atom stereocenters. The number of nitrogens with one attached hydrogen (secondary N) is 1. The zero-order valence-electron chi connectivity index (χ0n) is 74.1. The van der Waals surface area contributed by atoms with E-state index in [4.69, 9.17) is 0 Å². The van der Waals surface area contributed by atoms with Crippen LogP contribution in [0.4, 0.5) is 0 Å². The largest absolute Gasteiger partial charge is 0.317 e. The quantitative estimate of drug-likeness (QED) is 0.0372. The van der Waals surface area contributed by atoms with Gasteiger partial charge < -0.3 is 5.32 Å². The van der Waals surface area contributed by atoms with Gasteiger partial charge in [-0.3, -0.25) is 29.0 Å². The number of nitrogens with zero attached hydrogens (tertiary/aromatic N) is 2. The summed E-state index contributed by atoms with van der Waals surface area (Å²) < 4.78 is 0. The van der Waals surface area contributed by atoms with Crippen LogP contribution in [0.3, 0.4) is 0 Å². The Morgan fingerprint density at radius 1 is 0.308 bits per heavy atom. The van der Waals surface area contributed by atoms with Crippen LogP contribution in [0.15, 0.2) is 23.3 Å². The fraction of sp³-hybridized carbons (Fsp3) is 0.920. The van der Waals surface area contributed by atoms with Gasteiger partial charge in [0, 0.05) is 25.9 Å². The molecule has 0 aromatic heterocycles. The summed E-state index contributed by atoms with van der Waals surface area (Å²) in [5, 5.41) is 3.68. The van der Waals surface area contributed by atoms with E-state index >= 15 is 0 Å². The third kappa shape index (κ3) is 55.0. The number of hydrogen-bond donors (Lipinski definition) is 1. The highest BCUT2D eigenvalue weighted by Gasteiger charge is 2.40. The molecule has 2 aliphatic heterocycles. The average Bonchev–Trinajstić information content (AvgIpc) is 1.70. The van der Waals surface area contributed by atoms with Gasteiger partial charge in [-0.2, -0.15) is 0 Å². The van der Waals surface area contributed by atoms with Gasteiger partial charge in [0.05, 0.1) is 11.8 Å². The zero-order chi connectivity index (χ0) is 77.7. The summed E-state index contributed by atoms with van der Waals surface area (Å²) in [5.41, 5.74) is 2.98. The van der Waals surface area contributed by atoms with Crippen LogP contribution in [0.1, 0.15) is 519 Å². The average molecular weight is 1500 g/mol. The van der Waals surface area contributed by atoms with Crippen LogP contribution in [-0.2, 0) is 19.2 Å². The summed E-state index contributed by atoms with van der Waals surface area (Å²) in [6.07, 6.45) is 93.0. The number of imide groups is 2. The second-order valence-corrected chi connectivity index (χ2v) is 36.3. The molecule has 107 heavy (non-hydrogen) atoms. The number of rotatable bonds is 82. The van der Waals surface area contributed by atoms with Gasteiger partial charge in [0.15, 0.2) is 0 Å². The van der Waals surface area contributed by atoms with Gasteiger partial charge in [0.1, 0.15) is 0 Å². The number of carbonyl (C=O) groups is 4. The smallest absolute Gasteiger partial charge is 0.233 e. The first kappa shape index (κ1) is 101. The molecule has 0 bridgehead atoms. The number of unbranched alkanes of at least 4 members (excludes halogenated alkanes) is 44. The maximum absolute atomic E-state index is 14.4. The van der Waals surface area contributed by atoms with Gasteiger partial charge >= 0.3 is 0 Å². The number of amides is 4. The maximum atomic E-state index is 14.4. The Morgan fingerprint density at radius 3 is 0.860 bits per heavy atom. The van der Waals surface area contributed by atoms with Crippen LogP contribution in [0.5, 0.6) is 0 Å². The monoisotopic (exact) mass is 1500 g/mol. The summed E-state index contributed by atoms with van der Waals surface area (Å²) in [5.74, 6) is 4.31. The van der Waals surface area contributed by atoms with Gasteiger partial charge in [0.25, 0.3) is 0 Å². The summed E-state index contributed by atoms with van der Waals surface area (Å²) in [4.78, 5) is 59.6. The zero-order valence-corrected chi connectivity index (χ0v) is 74.1. The minimum atomic E-state index is -0.210. The first-order chi connectivity index (χ1) is 52.4. The lowest BCUT2D eigenvalue weighted by atomic mass is 9.78. The van der Waals surface area contributed by atoms with Crippen molar-refractivity contribution < 1.29 is 19.2 Å². The lowest BCUT2D eigenvalue weighted by molar-refractivity contribution is -0.141. The summed E-state index contributed by atoms with van der Waals surface area (Å²) >= 11 is 0. The molecule has 0 radical (unpaired) electrons. The Balaban J connectivity index is 2.07. The molecule has 2 rings (SSSR count). The Morgan fingerprint density at radius 2 is 0.561 bits per heavy atom. The highest BCUT2D eigenvalue weighted by molar-refractivity contribution is 6.04. The molecule has 2 saturated heterocycles. The molecule has 628 valence electrons. The summed E-state index contributed by atoms with van der Waals surface area (Å²) in [6.45, 7) is 26.6. The number of carbonyl (C=O) groups excluding carboxylic acids is 4. The second-order valence-electron chi connectivity index (χ2n) is 36.3. The molecule has 0 aromatic carbocycles. The van der Waals surface area contributed by atoms with E-state index in [1.807, 2.05) is 0 Å². The second kappa shape index (κ2) is 72.7. The topological polar surface area (TPSA) is 86.8 Å². The van der Waals surface area contributed by atoms with Crippen LogP contribution >= 0.6 is 0 Å². The molecular weight excluding hydrogens is 1310 g/mol. The van der Waals surface area contributed by atoms with E-state index < -0.39 is 0 Å². The van der Waals surface area contributed by atoms with Crippen LogP contribution in [0.2, 0.25) is 0 Å². The van der Waals surface area contributed by atoms with E-state index in [2.05, 4.69) is 86.7 Å².